The molecule has 0 aliphatic carbocycles. The first-order valence-electron chi connectivity index (χ1n) is 9.24. The van der Waals surface area contributed by atoms with Crippen molar-refractivity contribution in [3.8, 4) is 5.75 Å². The quantitative estimate of drug-likeness (QED) is 0.341. The second kappa shape index (κ2) is 8.44. The van der Waals surface area contributed by atoms with Crippen molar-refractivity contribution < 1.29 is 9.15 Å². The van der Waals surface area contributed by atoms with Crippen LogP contribution in [-0.4, -0.2) is 17.4 Å². The molecule has 1 aromatic heterocycles. The molecule has 146 valence electrons. The highest BCUT2D eigenvalue weighted by Crippen LogP contribution is 2.29. The molecule has 0 bridgehead atoms. The van der Waals surface area contributed by atoms with Gasteiger partial charge in [0.2, 0.25) is 0 Å². The highest BCUT2D eigenvalue weighted by Gasteiger charge is 2.11. The van der Waals surface area contributed by atoms with E-state index in [-0.39, 0.29) is 0 Å². The van der Waals surface area contributed by atoms with Crippen LogP contribution in [0.2, 0.25) is 0 Å². The summed E-state index contributed by atoms with van der Waals surface area (Å²) in [7, 11) is 0. The van der Waals surface area contributed by atoms with E-state index in [0.717, 1.165) is 33.5 Å². The van der Waals surface area contributed by atoms with Crippen molar-refractivity contribution in [2.75, 3.05) is 11.9 Å². The Morgan fingerprint density at radius 2 is 1.86 bits per heavy atom. The van der Waals surface area contributed by atoms with E-state index >= 15 is 0 Å². The Bertz CT molecular complexity index is 1030. The van der Waals surface area contributed by atoms with E-state index < -0.39 is 0 Å². The highest BCUT2D eigenvalue weighted by atomic mass is 32.1. The number of para-hydroxylation sites is 1. The van der Waals surface area contributed by atoms with Gasteiger partial charge in [0.15, 0.2) is 22.2 Å². The van der Waals surface area contributed by atoms with Crippen molar-refractivity contribution in [1.82, 2.24) is 5.43 Å². The van der Waals surface area contributed by atoms with Crippen LogP contribution in [-0.2, 0) is 0 Å². The molecule has 2 aromatic carbocycles. The summed E-state index contributed by atoms with van der Waals surface area (Å²) in [5.74, 6) is 1.40. The zero-order valence-electron chi connectivity index (χ0n) is 16.8. The molecule has 0 saturated carbocycles. The Morgan fingerprint density at radius 1 is 1.14 bits per heavy atom. The normalized spacial score (nSPS) is 11.5. The first-order valence-corrected chi connectivity index (χ1v) is 9.64. The minimum atomic E-state index is 0.431. The Hall–Kier alpha value is -2.86. The van der Waals surface area contributed by atoms with Crippen LogP contribution < -0.4 is 15.5 Å². The van der Waals surface area contributed by atoms with Crippen LogP contribution in [0.15, 0.2) is 45.9 Å². The molecule has 0 atom stereocenters. The third-order valence-corrected chi connectivity index (χ3v) is 4.60. The molecule has 0 radical (unpaired) electrons. The van der Waals surface area contributed by atoms with Crippen LogP contribution in [0.3, 0.4) is 0 Å². The molecule has 1 heterocycles. The Morgan fingerprint density at radius 3 is 2.54 bits per heavy atom. The minimum absolute atomic E-state index is 0.431. The number of furan rings is 1. The number of benzene rings is 2. The average Bonchev–Trinajstić information content (AvgIpc) is 3.08. The first-order chi connectivity index (χ1) is 13.4. The lowest BCUT2D eigenvalue weighted by molar-refractivity contribution is 0.338. The molecular formula is C22H25N3O2S. The van der Waals surface area contributed by atoms with Gasteiger partial charge in [-0.1, -0.05) is 29.8 Å². The zero-order chi connectivity index (χ0) is 20.3. The average molecular weight is 396 g/mol. The predicted molar refractivity (Wildman–Crippen MR) is 120 cm³/mol. The Balaban J connectivity index is 1.75. The van der Waals surface area contributed by atoms with Crippen molar-refractivity contribution in [3.05, 3.63) is 58.8 Å². The summed E-state index contributed by atoms with van der Waals surface area (Å²) in [6.07, 6.45) is 0. The summed E-state index contributed by atoms with van der Waals surface area (Å²) in [6, 6.07) is 12.0. The van der Waals surface area contributed by atoms with Gasteiger partial charge in [-0.05, 0) is 70.1 Å². The van der Waals surface area contributed by atoms with Crippen LogP contribution in [0.4, 0.5) is 5.69 Å². The van der Waals surface area contributed by atoms with E-state index in [1.165, 1.54) is 5.56 Å². The standard InChI is InChI=1S/C22H25N3O2S/c1-6-26-18-9-7-8-17-12-19(27-21(17)18)16(5)24-25-22(28)23-20-14(3)10-13(2)11-15(20)4/h7-12H,6H2,1-5H3,(H2,23,25,28)/b24-16+. The van der Waals surface area contributed by atoms with Gasteiger partial charge in [-0.3, -0.25) is 5.43 Å². The maximum atomic E-state index is 5.96. The van der Waals surface area contributed by atoms with Gasteiger partial charge in [-0.15, -0.1) is 0 Å². The fourth-order valence-electron chi connectivity index (χ4n) is 3.19. The molecule has 2 N–H and O–H groups in total. The van der Waals surface area contributed by atoms with Gasteiger partial charge < -0.3 is 14.5 Å². The van der Waals surface area contributed by atoms with Gasteiger partial charge in [0, 0.05) is 11.1 Å². The molecule has 0 amide bonds. The third-order valence-electron chi connectivity index (χ3n) is 4.41. The van der Waals surface area contributed by atoms with Crippen molar-refractivity contribution in [2.24, 2.45) is 5.10 Å². The molecule has 28 heavy (non-hydrogen) atoms. The Kier molecular flexibility index (Phi) is 5.99. The van der Waals surface area contributed by atoms with E-state index in [1.807, 2.05) is 38.1 Å². The molecule has 0 aliphatic heterocycles. The van der Waals surface area contributed by atoms with Crippen LogP contribution in [0, 0.1) is 20.8 Å². The number of fused-ring (bicyclic) bond motifs is 1. The second-order valence-electron chi connectivity index (χ2n) is 6.76. The van der Waals surface area contributed by atoms with Crippen molar-refractivity contribution in [2.45, 2.75) is 34.6 Å². The number of nitrogens with zero attached hydrogens (tertiary/aromatic N) is 1. The molecule has 3 rings (SSSR count). The number of thiocarbonyl (C=S) groups is 1. The molecule has 0 unspecified atom stereocenters. The molecule has 0 spiro atoms. The van der Waals surface area contributed by atoms with E-state index in [1.54, 1.807) is 0 Å². The maximum absolute atomic E-state index is 5.96. The number of aryl methyl sites for hydroxylation is 3. The number of rotatable bonds is 5. The van der Waals surface area contributed by atoms with Gasteiger partial charge in [-0.25, -0.2) is 0 Å². The lowest BCUT2D eigenvalue weighted by Crippen LogP contribution is -2.25. The number of hydrazone groups is 1. The fourth-order valence-corrected chi connectivity index (χ4v) is 3.34. The largest absolute Gasteiger partial charge is 0.490 e. The lowest BCUT2D eigenvalue weighted by atomic mass is 10.1. The number of nitrogens with one attached hydrogen (secondary N) is 2. The molecule has 3 aromatic rings. The second-order valence-corrected chi connectivity index (χ2v) is 7.16. The van der Waals surface area contributed by atoms with Crippen LogP contribution in [0.25, 0.3) is 11.0 Å². The summed E-state index contributed by atoms with van der Waals surface area (Å²) in [5.41, 5.74) is 8.83. The fraction of sp³-hybridized carbons (Fsp3) is 0.273. The van der Waals surface area contributed by atoms with Gasteiger partial charge in [0.1, 0.15) is 5.71 Å². The molecule has 0 fully saturated rings. The summed E-state index contributed by atoms with van der Waals surface area (Å²) in [5, 5.41) is 9.00. The van der Waals surface area contributed by atoms with Crippen LogP contribution in [0.1, 0.15) is 36.3 Å². The molecule has 0 saturated heterocycles. The van der Waals surface area contributed by atoms with Gasteiger partial charge in [-0.2, -0.15) is 5.10 Å². The SMILES string of the molecule is CCOc1cccc2cc(/C(C)=N/NC(=S)Nc3c(C)cc(C)cc3C)oc12. The van der Waals surface area contributed by atoms with Crippen LogP contribution >= 0.6 is 12.2 Å². The highest BCUT2D eigenvalue weighted by molar-refractivity contribution is 7.80. The molecule has 0 aliphatic rings. The zero-order valence-corrected chi connectivity index (χ0v) is 17.7. The first kappa shape index (κ1) is 19.9. The molecular weight excluding hydrogens is 370 g/mol. The van der Waals surface area contributed by atoms with E-state index in [2.05, 4.69) is 48.7 Å². The molecule has 6 heteroatoms. The number of ether oxygens (including phenoxy) is 1. The smallest absolute Gasteiger partial charge is 0.191 e. The summed E-state index contributed by atoms with van der Waals surface area (Å²) >= 11 is 5.40. The van der Waals surface area contributed by atoms with Crippen molar-refractivity contribution in [1.29, 1.82) is 0 Å². The minimum Gasteiger partial charge on any atom is -0.490 e. The van der Waals surface area contributed by atoms with E-state index in [4.69, 9.17) is 21.4 Å². The predicted octanol–water partition coefficient (Wildman–Crippen LogP) is 5.47. The van der Waals surface area contributed by atoms with Gasteiger partial charge in [0.05, 0.1) is 6.61 Å². The number of anilines is 1. The molecule has 5 nitrogen and oxygen atoms in total. The van der Waals surface area contributed by atoms with Crippen LogP contribution in [0.5, 0.6) is 5.75 Å². The number of hydrogen-bond donors (Lipinski definition) is 2. The van der Waals surface area contributed by atoms with Gasteiger partial charge in [0.25, 0.3) is 0 Å². The maximum Gasteiger partial charge on any atom is 0.191 e. The summed E-state index contributed by atoms with van der Waals surface area (Å²) in [4.78, 5) is 0. The summed E-state index contributed by atoms with van der Waals surface area (Å²) < 4.78 is 11.6. The van der Waals surface area contributed by atoms with Crippen molar-refractivity contribution >= 4 is 39.7 Å². The van der Waals surface area contributed by atoms with Crippen molar-refractivity contribution in [3.63, 3.8) is 0 Å². The van der Waals surface area contributed by atoms with Gasteiger partial charge >= 0.3 is 0 Å². The topological polar surface area (TPSA) is 58.8 Å². The summed E-state index contributed by atoms with van der Waals surface area (Å²) in [6.45, 7) is 10.6. The van der Waals surface area contributed by atoms with E-state index in [0.29, 0.717) is 23.2 Å². The Labute approximate surface area is 170 Å². The number of hydrogen-bond acceptors (Lipinski definition) is 4. The third kappa shape index (κ3) is 4.34. The monoisotopic (exact) mass is 395 g/mol. The van der Waals surface area contributed by atoms with E-state index in [9.17, 15) is 0 Å². The lowest BCUT2D eigenvalue weighted by Gasteiger charge is -2.14.